The van der Waals surface area contributed by atoms with Gasteiger partial charge in [-0.3, -0.25) is 4.79 Å². The fourth-order valence-corrected chi connectivity index (χ4v) is 6.42. The van der Waals surface area contributed by atoms with Crippen LogP contribution in [0, 0.1) is 23.2 Å². The molecule has 4 aliphatic carbocycles. The van der Waals surface area contributed by atoms with Crippen molar-refractivity contribution in [2.45, 2.75) is 51.5 Å². The predicted molar refractivity (Wildman–Crippen MR) is 104 cm³/mol. The lowest BCUT2D eigenvalue weighted by atomic mass is 9.48. The smallest absolute Gasteiger partial charge is 0.255 e. The molecular weight excluding hydrogens is 342 g/mol. The van der Waals surface area contributed by atoms with Gasteiger partial charge in [0.1, 0.15) is 0 Å². The second-order valence-corrected chi connectivity index (χ2v) is 8.86. The van der Waals surface area contributed by atoms with Crippen molar-refractivity contribution in [3.63, 3.8) is 0 Å². The minimum absolute atomic E-state index is 0.101. The van der Waals surface area contributed by atoms with Gasteiger partial charge in [0.05, 0.1) is 26.9 Å². The van der Waals surface area contributed by atoms with Crippen molar-refractivity contribution < 1.29 is 19.0 Å². The topological polar surface area (TPSA) is 56.8 Å². The maximum Gasteiger partial charge on any atom is 0.255 e. The van der Waals surface area contributed by atoms with Crippen LogP contribution in [0.4, 0.5) is 0 Å². The maximum absolute atomic E-state index is 13.1. The van der Waals surface area contributed by atoms with Crippen molar-refractivity contribution in [2.75, 3.05) is 21.3 Å². The monoisotopic (exact) mass is 373 g/mol. The van der Waals surface area contributed by atoms with Crippen LogP contribution in [0.25, 0.3) is 0 Å². The molecule has 0 unspecified atom stereocenters. The van der Waals surface area contributed by atoms with E-state index >= 15 is 0 Å². The number of hydrogen-bond acceptors (Lipinski definition) is 4. The summed E-state index contributed by atoms with van der Waals surface area (Å²) >= 11 is 0. The molecule has 0 aliphatic heterocycles. The average molecular weight is 373 g/mol. The highest BCUT2D eigenvalue weighted by molar-refractivity contribution is 5.98. The van der Waals surface area contributed by atoms with Crippen molar-refractivity contribution in [3.05, 3.63) is 17.7 Å². The third-order valence-corrected chi connectivity index (χ3v) is 7.30. The minimum atomic E-state index is -0.101. The van der Waals surface area contributed by atoms with E-state index in [0.29, 0.717) is 22.8 Å². The molecule has 0 heterocycles. The van der Waals surface area contributed by atoms with E-state index in [1.54, 1.807) is 33.5 Å². The molecule has 4 fully saturated rings. The maximum atomic E-state index is 13.1. The van der Waals surface area contributed by atoms with Crippen molar-refractivity contribution in [2.24, 2.45) is 23.2 Å². The number of benzene rings is 1. The molecule has 5 rings (SSSR count). The second kappa shape index (κ2) is 6.92. The normalized spacial score (nSPS) is 32.1. The highest BCUT2D eigenvalue weighted by atomic mass is 16.5. The Morgan fingerprint density at radius 2 is 1.52 bits per heavy atom. The number of methoxy groups -OCH3 is 3. The Balaban J connectivity index is 1.56. The second-order valence-electron chi connectivity index (χ2n) is 8.86. The summed E-state index contributed by atoms with van der Waals surface area (Å²) < 4.78 is 16.2. The van der Waals surface area contributed by atoms with Gasteiger partial charge >= 0.3 is 0 Å². The molecule has 5 nitrogen and oxygen atoms in total. The van der Waals surface area contributed by atoms with Crippen LogP contribution in [0.1, 0.15) is 55.8 Å². The fraction of sp³-hybridized carbons (Fsp3) is 0.682. The quantitative estimate of drug-likeness (QED) is 0.817. The van der Waals surface area contributed by atoms with Crippen LogP contribution >= 0.6 is 0 Å². The lowest BCUT2D eigenvalue weighted by Crippen LogP contribution is -2.55. The van der Waals surface area contributed by atoms with Gasteiger partial charge in [-0.2, -0.15) is 0 Å². The molecule has 4 bridgehead atoms. The van der Waals surface area contributed by atoms with Gasteiger partial charge in [0, 0.05) is 6.04 Å². The number of carbonyl (C=O) groups excluding carboxylic acids is 1. The molecule has 5 heteroatoms. The number of nitrogens with one attached hydrogen (secondary N) is 1. The standard InChI is InChI=1S/C22H31NO4/c1-13(22-10-14-7-15(11-22)9-16(8-14)12-22)23-21(24)17-5-6-18(25-2)20(27-4)19(17)26-3/h5-6,13-16H,7-12H2,1-4H3,(H,23,24)/t13-,14?,15?,16?,22?/m0/s1. The number of hydrogen-bond donors (Lipinski definition) is 1. The Labute approximate surface area is 161 Å². The summed E-state index contributed by atoms with van der Waals surface area (Å²) in [6.07, 6.45) is 8.02. The van der Waals surface area contributed by atoms with E-state index in [2.05, 4.69) is 12.2 Å². The Morgan fingerprint density at radius 1 is 0.963 bits per heavy atom. The Hall–Kier alpha value is -1.91. The molecule has 0 saturated heterocycles. The molecule has 0 aromatic heterocycles. The van der Waals surface area contributed by atoms with Crippen molar-refractivity contribution in [1.29, 1.82) is 0 Å². The van der Waals surface area contributed by atoms with E-state index in [4.69, 9.17) is 14.2 Å². The molecule has 4 aliphatic rings. The van der Waals surface area contributed by atoms with Crippen molar-refractivity contribution >= 4 is 5.91 Å². The van der Waals surface area contributed by atoms with Crippen LogP contribution in [-0.2, 0) is 0 Å². The summed E-state index contributed by atoms with van der Waals surface area (Å²) in [4.78, 5) is 13.1. The van der Waals surface area contributed by atoms with Crippen LogP contribution in [-0.4, -0.2) is 33.3 Å². The molecule has 1 aromatic rings. The zero-order valence-corrected chi connectivity index (χ0v) is 16.8. The molecule has 0 radical (unpaired) electrons. The number of ether oxygens (including phenoxy) is 3. The van der Waals surface area contributed by atoms with Crippen LogP contribution in [0.15, 0.2) is 12.1 Å². The van der Waals surface area contributed by atoms with Gasteiger partial charge in [0.2, 0.25) is 5.75 Å². The molecular formula is C22H31NO4. The van der Waals surface area contributed by atoms with Gasteiger partial charge in [0.25, 0.3) is 5.91 Å². The van der Waals surface area contributed by atoms with E-state index in [-0.39, 0.29) is 17.4 Å². The van der Waals surface area contributed by atoms with E-state index in [0.717, 1.165) is 17.8 Å². The largest absolute Gasteiger partial charge is 0.493 e. The van der Waals surface area contributed by atoms with Gasteiger partial charge in [-0.1, -0.05) is 0 Å². The van der Waals surface area contributed by atoms with Gasteiger partial charge in [-0.05, 0) is 80.8 Å². The molecule has 1 amide bonds. The highest BCUT2D eigenvalue weighted by Gasteiger charge is 2.53. The number of amides is 1. The first-order chi connectivity index (χ1) is 13.0. The predicted octanol–water partition coefficient (Wildman–Crippen LogP) is 4.05. The van der Waals surface area contributed by atoms with Crippen LogP contribution in [0.5, 0.6) is 17.2 Å². The third-order valence-electron chi connectivity index (χ3n) is 7.30. The summed E-state index contributed by atoms with van der Waals surface area (Å²) in [5, 5.41) is 3.30. The Morgan fingerprint density at radius 3 is 2.00 bits per heavy atom. The highest BCUT2D eigenvalue weighted by Crippen LogP contribution is 2.61. The van der Waals surface area contributed by atoms with E-state index in [1.807, 2.05) is 0 Å². The van der Waals surface area contributed by atoms with E-state index in [1.165, 1.54) is 38.5 Å². The van der Waals surface area contributed by atoms with E-state index < -0.39 is 0 Å². The summed E-state index contributed by atoms with van der Waals surface area (Å²) in [7, 11) is 4.68. The Bertz CT molecular complexity index is 694. The molecule has 27 heavy (non-hydrogen) atoms. The van der Waals surface area contributed by atoms with Crippen molar-refractivity contribution in [3.8, 4) is 17.2 Å². The van der Waals surface area contributed by atoms with Gasteiger partial charge < -0.3 is 19.5 Å². The van der Waals surface area contributed by atoms with Crippen LogP contribution in [0.2, 0.25) is 0 Å². The summed E-state index contributed by atoms with van der Waals surface area (Å²) in [5.41, 5.74) is 0.764. The lowest BCUT2D eigenvalue weighted by molar-refractivity contribution is -0.0688. The number of rotatable bonds is 6. The van der Waals surface area contributed by atoms with Crippen LogP contribution < -0.4 is 19.5 Å². The van der Waals surface area contributed by atoms with Gasteiger partial charge in [-0.25, -0.2) is 0 Å². The summed E-state index contributed by atoms with van der Waals surface area (Å²) in [6.45, 7) is 2.19. The summed E-state index contributed by atoms with van der Waals surface area (Å²) in [6, 6.07) is 3.67. The lowest BCUT2D eigenvalue weighted by Gasteiger charge is -2.59. The summed E-state index contributed by atoms with van der Waals surface area (Å²) in [5.74, 6) is 3.93. The minimum Gasteiger partial charge on any atom is -0.493 e. The third kappa shape index (κ3) is 3.05. The van der Waals surface area contributed by atoms with E-state index in [9.17, 15) is 4.79 Å². The van der Waals surface area contributed by atoms with Crippen LogP contribution in [0.3, 0.4) is 0 Å². The zero-order chi connectivity index (χ0) is 19.2. The molecule has 1 aromatic carbocycles. The zero-order valence-electron chi connectivity index (χ0n) is 16.8. The van der Waals surface area contributed by atoms with Gasteiger partial charge in [-0.15, -0.1) is 0 Å². The molecule has 1 N–H and O–H groups in total. The molecule has 0 spiro atoms. The molecule has 1 atom stereocenters. The Kier molecular flexibility index (Phi) is 4.73. The SMILES string of the molecule is COc1ccc(C(=O)N[C@@H](C)C23CC4CC(CC(C4)C2)C3)c(OC)c1OC. The number of carbonyl (C=O) groups is 1. The first-order valence-corrected chi connectivity index (χ1v) is 10.1. The molecule has 148 valence electrons. The van der Waals surface area contributed by atoms with Gasteiger partial charge in [0.15, 0.2) is 11.5 Å². The first-order valence-electron chi connectivity index (χ1n) is 10.1. The molecule has 4 saturated carbocycles. The average Bonchev–Trinajstić information content (AvgIpc) is 2.65. The first kappa shape index (κ1) is 18.5. The fourth-order valence-electron chi connectivity index (χ4n) is 6.42. The van der Waals surface area contributed by atoms with Crippen molar-refractivity contribution in [1.82, 2.24) is 5.32 Å².